The molecule has 0 aliphatic carbocycles. The van der Waals surface area contributed by atoms with E-state index in [0.717, 1.165) is 10.6 Å². The molecule has 0 saturated carbocycles. The minimum absolute atomic E-state index is 0.187. The van der Waals surface area contributed by atoms with E-state index in [1.54, 1.807) is 0 Å². The van der Waals surface area contributed by atoms with Crippen LogP contribution in [-0.4, -0.2) is 16.1 Å². The van der Waals surface area contributed by atoms with Crippen molar-refractivity contribution in [3.8, 4) is 0 Å². The summed E-state index contributed by atoms with van der Waals surface area (Å²) in [6.45, 7) is 7.49. The quantitative estimate of drug-likeness (QED) is 0.599. The molecule has 0 aliphatic rings. The van der Waals surface area contributed by atoms with Gasteiger partial charge in [-0.1, -0.05) is 85.3 Å². The molecule has 146 valence electrons. The molecular weight excluding hydrogens is 368 g/mol. The molecule has 1 heterocycles. The summed E-state index contributed by atoms with van der Waals surface area (Å²) in [5.74, 6) is 0.250. The first kappa shape index (κ1) is 20.2. The Balaban J connectivity index is 1.55. The van der Waals surface area contributed by atoms with E-state index in [-0.39, 0.29) is 11.9 Å². The third-order valence-corrected chi connectivity index (χ3v) is 5.46. The molecule has 3 rings (SSSR count). The highest BCUT2D eigenvalue weighted by molar-refractivity contribution is 7.13. The number of hydrogen-bond donors (Lipinski definition) is 2. The highest BCUT2D eigenvalue weighted by Gasteiger charge is 2.17. The molecule has 3 aromatic rings. The number of carbonyl (C=O) groups excluding carboxylic acids is 1. The lowest BCUT2D eigenvalue weighted by Gasteiger charge is -2.22. The third kappa shape index (κ3) is 5.47. The molecule has 28 heavy (non-hydrogen) atoms. The van der Waals surface area contributed by atoms with Crippen LogP contribution in [0.4, 0.5) is 0 Å². The summed E-state index contributed by atoms with van der Waals surface area (Å²) in [7, 11) is 0. The zero-order valence-electron chi connectivity index (χ0n) is 16.5. The average molecular weight is 395 g/mol. The molecule has 6 heteroatoms. The fourth-order valence-electron chi connectivity index (χ4n) is 2.98. The fourth-order valence-corrected chi connectivity index (χ4v) is 3.68. The van der Waals surface area contributed by atoms with Crippen molar-refractivity contribution >= 4 is 17.2 Å². The number of hydrogen-bond acceptors (Lipinski definition) is 5. The van der Waals surface area contributed by atoms with Crippen LogP contribution in [0.1, 0.15) is 51.4 Å². The number of carbonyl (C=O) groups is 1. The second kappa shape index (κ2) is 9.57. The summed E-state index contributed by atoms with van der Waals surface area (Å²) in [4.78, 5) is 12.3. The largest absolute Gasteiger partial charge is 0.346 e. The van der Waals surface area contributed by atoms with E-state index in [1.165, 1.54) is 22.5 Å². The van der Waals surface area contributed by atoms with Gasteiger partial charge in [0.25, 0.3) is 5.91 Å². The lowest BCUT2D eigenvalue weighted by atomic mass is 9.96. The van der Waals surface area contributed by atoms with Gasteiger partial charge < -0.3 is 10.6 Å². The Kier molecular flexibility index (Phi) is 6.90. The molecule has 0 bridgehead atoms. The van der Waals surface area contributed by atoms with Crippen LogP contribution < -0.4 is 10.6 Å². The van der Waals surface area contributed by atoms with Crippen molar-refractivity contribution in [2.45, 2.75) is 39.9 Å². The predicted molar refractivity (Wildman–Crippen MR) is 113 cm³/mol. The fraction of sp³-hybridized carbons (Fsp3) is 0.318. The first-order chi connectivity index (χ1) is 13.5. The third-order valence-electron chi connectivity index (χ3n) is 4.53. The van der Waals surface area contributed by atoms with E-state index >= 15 is 0 Å². The Morgan fingerprint density at radius 3 is 2.39 bits per heavy atom. The molecule has 1 amide bonds. The van der Waals surface area contributed by atoms with Crippen LogP contribution in [0.2, 0.25) is 0 Å². The average Bonchev–Trinajstić information content (AvgIpc) is 3.17. The van der Waals surface area contributed by atoms with Gasteiger partial charge in [-0.3, -0.25) is 4.79 Å². The first-order valence-electron chi connectivity index (χ1n) is 9.47. The highest BCUT2D eigenvalue weighted by Crippen LogP contribution is 2.22. The van der Waals surface area contributed by atoms with Gasteiger partial charge in [-0.05, 0) is 24.0 Å². The van der Waals surface area contributed by atoms with Gasteiger partial charge in [0.05, 0.1) is 6.54 Å². The van der Waals surface area contributed by atoms with Gasteiger partial charge in [0.1, 0.15) is 5.01 Å². The molecule has 0 fully saturated rings. The van der Waals surface area contributed by atoms with Crippen molar-refractivity contribution in [3.05, 3.63) is 81.3 Å². The Labute approximate surface area is 170 Å². The van der Waals surface area contributed by atoms with E-state index in [9.17, 15) is 4.79 Å². The van der Waals surface area contributed by atoms with Crippen LogP contribution in [-0.2, 0) is 13.1 Å². The summed E-state index contributed by atoms with van der Waals surface area (Å²) >= 11 is 1.33. The molecule has 0 spiro atoms. The summed E-state index contributed by atoms with van der Waals surface area (Å²) in [5, 5.41) is 15.9. The molecule has 0 aliphatic heterocycles. The normalized spacial score (nSPS) is 12.1. The van der Waals surface area contributed by atoms with Gasteiger partial charge in [0, 0.05) is 12.6 Å². The lowest BCUT2D eigenvalue weighted by Crippen LogP contribution is -2.25. The molecular formula is C22H26N4OS. The standard InChI is InChI=1S/C22H26N4OS/c1-15(2)20(18-7-5-4-6-8-18)23-14-19-25-26-22(28-19)21(27)24-13-17-11-9-16(3)10-12-17/h4-12,15,20,23H,13-14H2,1-3H3,(H,24,27)/t20-/m0/s1. The molecule has 0 radical (unpaired) electrons. The minimum atomic E-state index is -0.187. The summed E-state index contributed by atoms with van der Waals surface area (Å²) in [5.41, 5.74) is 3.51. The number of rotatable bonds is 8. The predicted octanol–water partition coefficient (Wildman–Crippen LogP) is 4.26. The van der Waals surface area contributed by atoms with E-state index in [1.807, 2.05) is 49.4 Å². The van der Waals surface area contributed by atoms with Crippen molar-refractivity contribution in [2.24, 2.45) is 5.92 Å². The minimum Gasteiger partial charge on any atom is -0.346 e. The van der Waals surface area contributed by atoms with Gasteiger partial charge in [-0.2, -0.15) is 0 Å². The molecule has 2 aromatic carbocycles. The summed E-state index contributed by atoms with van der Waals surface area (Å²) < 4.78 is 0. The SMILES string of the molecule is Cc1ccc(CNC(=O)c2nnc(CN[C@H](c3ccccc3)C(C)C)s2)cc1. The maximum Gasteiger partial charge on any atom is 0.282 e. The number of aromatic nitrogens is 2. The first-order valence-corrected chi connectivity index (χ1v) is 10.3. The van der Waals surface area contributed by atoms with Gasteiger partial charge in [0.2, 0.25) is 5.01 Å². The van der Waals surface area contributed by atoms with Gasteiger partial charge in [-0.25, -0.2) is 0 Å². The smallest absolute Gasteiger partial charge is 0.282 e. The van der Waals surface area contributed by atoms with Crippen molar-refractivity contribution in [3.63, 3.8) is 0 Å². The number of amides is 1. The van der Waals surface area contributed by atoms with Crippen molar-refractivity contribution in [1.82, 2.24) is 20.8 Å². The molecule has 5 nitrogen and oxygen atoms in total. The summed E-state index contributed by atoms with van der Waals surface area (Å²) in [6, 6.07) is 18.7. The number of benzene rings is 2. The molecule has 2 N–H and O–H groups in total. The monoisotopic (exact) mass is 394 g/mol. The molecule has 1 atom stereocenters. The van der Waals surface area contributed by atoms with E-state index in [2.05, 4.69) is 46.8 Å². The van der Waals surface area contributed by atoms with Gasteiger partial charge in [-0.15, -0.1) is 10.2 Å². The van der Waals surface area contributed by atoms with Crippen molar-refractivity contribution in [1.29, 1.82) is 0 Å². The van der Waals surface area contributed by atoms with Crippen molar-refractivity contribution in [2.75, 3.05) is 0 Å². The number of nitrogens with zero attached hydrogens (tertiary/aromatic N) is 2. The van der Waals surface area contributed by atoms with Crippen LogP contribution in [0.25, 0.3) is 0 Å². The van der Waals surface area contributed by atoms with Crippen LogP contribution in [0.15, 0.2) is 54.6 Å². The molecule has 0 unspecified atom stereocenters. The summed E-state index contributed by atoms with van der Waals surface area (Å²) in [6.07, 6.45) is 0. The van der Waals surface area contributed by atoms with Crippen LogP contribution in [0, 0.1) is 12.8 Å². The zero-order valence-corrected chi connectivity index (χ0v) is 17.3. The number of aryl methyl sites for hydroxylation is 1. The highest BCUT2D eigenvalue weighted by atomic mass is 32.1. The van der Waals surface area contributed by atoms with Crippen LogP contribution in [0.3, 0.4) is 0 Å². The Hall–Kier alpha value is -2.57. The Bertz CT molecular complexity index is 890. The van der Waals surface area contributed by atoms with Gasteiger partial charge in [0.15, 0.2) is 0 Å². The Morgan fingerprint density at radius 1 is 1.00 bits per heavy atom. The maximum absolute atomic E-state index is 12.3. The second-order valence-corrected chi connectivity index (χ2v) is 8.24. The van der Waals surface area contributed by atoms with Crippen LogP contribution in [0.5, 0.6) is 0 Å². The van der Waals surface area contributed by atoms with E-state index in [4.69, 9.17) is 0 Å². The van der Waals surface area contributed by atoms with Gasteiger partial charge >= 0.3 is 0 Å². The zero-order chi connectivity index (χ0) is 19.9. The van der Waals surface area contributed by atoms with Crippen molar-refractivity contribution < 1.29 is 4.79 Å². The lowest BCUT2D eigenvalue weighted by molar-refractivity contribution is 0.0950. The Morgan fingerprint density at radius 2 is 1.71 bits per heavy atom. The van der Waals surface area contributed by atoms with E-state index < -0.39 is 0 Å². The maximum atomic E-state index is 12.3. The molecule has 0 saturated heterocycles. The van der Waals surface area contributed by atoms with E-state index in [0.29, 0.717) is 24.0 Å². The topological polar surface area (TPSA) is 66.9 Å². The molecule has 1 aromatic heterocycles. The second-order valence-electron chi connectivity index (χ2n) is 7.18. The number of nitrogens with one attached hydrogen (secondary N) is 2. The van der Waals surface area contributed by atoms with Crippen LogP contribution >= 0.6 is 11.3 Å².